The summed E-state index contributed by atoms with van der Waals surface area (Å²) in [6.45, 7) is 1.09. The molecule has 2 unspecified atom stereocenters. The SMILES string of the molecule is COC(=O)c1cc2c(nc1N1C3CCCC1CC3)COC2. The van der Waals surface area contributed by atoms with E-state index in [1.54, 1.807) is 0 Å². The van der Waals surface area contributed by atoms with Crippen LogP contribution >= 0.6 is 0 Å². The van der Waals surface area contributed by atoms with E-state index in [0.717, 1.165) is 17.1 Å². The summed E-state index contributed by atoms with van der Waals surface area (Å²) in [4.78, 5) is 19.4. The molecule has 0 N–H and O–H groups in total. The molecule has 0 aromatic carbocycles. The molecule has 5 heteroatoms. The Morgan fingerprint density at radius 3 is 2.76 bits per heavy atom. The van der Waals surface area contributed by atoms with Gasteiger partial charge >= 0.3 is 5.97 Å². The molecule has 2 atom stereocenters. The molecule has 21 heavy (non-hydrogen) atoms. The van der Waals surface area contributed by atoms with Crippen molar-refractivity contribution in [1.82, 2.24) is 4.98 Å². The summed E-state index contributed by atoms with van der Waals surface area (Å²) in [5.41, 5.74) is 2.59. The van der Waals surface area contributed by atoms with Crippen molar-refractivity contribution in [3.8, 4) is 0 Å². The quantitative estimate of drug-likeness (QED) is 0.782. The summed E-state index contributed by atoms with van der Waals surface area (Å²) in [5, 5.41) is 0. The molecule has 5 nitrogen and oxygen atoms in total. The second-order valence-corrected chi connectivity index (χ2v) is 6.17. The Bertz CT molecular complexity index is 571. The highest BCUT2D eigenvalue weighted by atomic mass is 16.5. The molecule has 0 radical (unpaired) electrons. The van der Waals surface area contributed by atoms with Gasteiger partial charge in [-0.25, -0.2) is 9.78 Å². The van der Waals surface area contributed by atoms with E-state index in [1.807, 2.05) is 6.07 Å². The van der Waals surface area contributed by atoms with E-state index < -0.39 is 0 Å². The minimum absolute atomic E-state index is 0.294. The Labute approximate surface area is 124 Å². The van der Waals surface area contributed by atoms with Crippen LogP contribution in [0.5, 0.6) is 0 Å². The Kier molecular flexibility index (Phi) is 3.10. The summed E-state index contributed by atoms with van der Waals surface area (Å²) in [6, 6.07) is 2.98. The number of methoxy groups -OCH3 is 1. The molecule has 4 rings (SSSR count). The van der Waals surface area contributed by atoms with Crippen LogP contribution in [0.4, 0.5) is 5.82 Å². The van der Waals surface area contributed by atoms with Crippen molar-refractivity contribution in [1.29, 1.82) is 0 Å². The van der Waals surface area contributed by atoms with Crippen molar-refractivity contribution in [3.05, 3.63) is 22.9 Å². The molecule has 112 valence electrons. The number of hydrogen-bond acceptors (Lipinski definition) is 5. The third-order valence-corrected chi connectivity index (χ3v) is 5.01. The standard InChI is InChI=1S/C16H20N2O3/c1-20-16(19)13-7-10-8-21-9-14(10)17-15(13)18-11-3-2-4-12(18)6-5-11/h7,11-12H,2-6,8-9H2,1H3. The van der Waals surface area contributed by atoms with Crippen LogP contribution in [0.15, 0.2) is 6.07 Å². The van der Waals surface area contributed by atoms with Crippen LogP contribution in [0.2, 0.25) is 0 Å². The molecule has 4 heterocycles. The summed E-state index contributed by atoms with van der Waals surface area (Å²) in [6.07, 6.45) is 6.10. The molecule has 2 saturated heterocycles. The zero-order valence-corrected chi connectivity index (χ0v) is 12.3. The number of aromatic nitrogens is 1. The number of rotatable bonds is 2. The number of ether oxygens (including phenoxy) is 2. The first-order valence-electron chi connectivity index (χ1n) is 7.75. The summed E-state index contributed by atoms with van der Waals surface area (Å²) >= 11 is 0. The highest BCUT2D eigenvalue weighted by molar-refractivity contribution is 5.95. The largest absolute Gasteiger partial charge is 0.465 e. The molecular weight excluding hydrogens is 268 g/mol. The topological polar surface area (TPSA) is 51.7 Å². The van der Waals surface area contributed by atoms with Gasteiger partial charge in [0.1, 0.15) is 11.4 Å². The van der Waals surface area contributed by atoms with E-state index in [9.17, 15) is 4.79 Å². The minimum atomic E-state index is -0.294. The van der Waals surface area contributed by atoms with Crippen LogP contribution in [-0.2, 0) is 22.7 Å². The second-order valence-electron chi connectivity index (χ2n) is 6.17. The number of carbonyl (C=O) groups excluding carboxylic acids is 1. The lowest BCUT2D eigenvalue weighted by Crippen LogP contribution is -2.41. The molecule has 0 amide bonds. The van der Waals surface area contributed by atoms with Crippen LogP contribution < -0.4 is 4.90 Å². The molecular formula is C16H20N2O3. The van der Waals surface area contributed by atoms with Crippen molar-refractivity contribution < 1.29 is 14.3 Å². The molecule has 1 aromatic heterocycles. The number of hydrogen-bond donors (Lipinski definition) is 0. The van der Waals surface area contributed by atoms with Crippen molar-refractivity contribution in [2.24, 2.45) is 0 Å². The molecule has 2 bridgehead atoms. The average Bonchev–Trinajstić information content (AvgIpc) is 3.06. The Morgan fingerprint density at radius 2 is 2.05 bits per heavy atom. The van der Waals surface area contributed by atoms with Gasteiger partial charge in [0.25, 0.3) is 0 Å². The van der Waals surface area contributed by atoms with E-state index in [2.05, 4.69) is 4.90 Å². The van der Waals surface area contributed by atoms with Gasteiger partial charge in [-0.1, -0.05) is 0 Å². The van der Waals surface area contributed by atoms with Crippen molar-refractivity contribution >= 4 is 11.8 Å². The van der Waals surface area contributed by atoms with Gasteiger partial charge in [0.05, 0.1) is 26.0 Å². The molecule has 1 aromatic rings. The lowest BCUT2D eigenvalue weighted by Gasteiger charge is -2.36. The number of esters is 1. The Morgan fingerprint density at radius 1 is 1.29 bits per heavy atom. The van der Waals surface area contributed by atoms with Crippen LogP contribution in [0, 0.1) is 0 Å². The average molecular weight is 288 g/mol. The fraction of sp³-hybridized carbons (Fsp3) is 0.625. The van der Waals surface area contributed by atoms with Crippen LogP contribution in [-0.4, -0.2) is 30.1 Å². The fourth-order valence-electron chi connectivity index (χ4n) is 4.01. The number of anilines is 1. The molecule has 0 saturated carbocycles. The number of nitrogens with zero attached hydrogens (tertiary/aromatic N) is 2. The van der Waals surface area contributed by atoms with Crippen molar-refractivity contribution in [3.63, 3.8) is 0 Å². The van der Waals surface area contributed by atoms with E-state index in [0.29, 0.717) is 30.9 Å². The lowest BCUT2D eigenvalue weighted by molar-refractivity contribution is 0.0600. The fourth-order valence-corrected chi connectivity index (χ4v) is 4.01. The smallest absolute Gasteiger partial charge is 0.341 e. The minimum Gasteiger partial charge on any atom is -0.465 e. The summed E-state index contributed by atoms with van der Waals surface area (Å²) in [7, 11) is 1.43. The number of piperidine rings is 1. The van der Waals surface area contributed by atoms with E-state index >= 15 is 0 Å². The van der Waals surface area contributed by atoms with Gasteiger partial charge in [0.2, 0.25) is 0 Å². The van der Waals surface area contributed by atoms with Gasteiger partial charge in [-0.15, -0.1) is 0 Å². The second kappa shape index (κ2) is 4.98. The van der Waals surface area contributed by atoms with Crippen LogP contribution in [0.25, 0.3) is 0 Å². The highest BCUT2D eigenvalue weighted by Crippen LogP contribution is 2.40. The maximum atomic E-state index is 12.2. The summed E-state index contributed by atoms with van der Waals surface area (Å²) in [5.74, 6) is 0.524. The van der Waals surface area contributed by atoms with Crippen molar-refractivity contribution in [2.75, 3.05) is 12.0 Å². The zero-order valence-electron chi connectivity index (χ0n) is 12.3. The number of carbonyl (C=O) groups is 1. The van der Waals surface area contributed by atoms with Gasteiger partial charge in [0, 0.05) is 17.6 Å². The van der Waals surface area contributed by atoms with Gasteiger partial charge in [-0.3, -0.25) is 0 Å². The normalized spacial score (nSPS) is 26.8. The van der Waals surface area contributed by atoms with Gasteiger partial charge < -0.3 is 14.4 Å². The molecule has 0 spiro atoms. The lowest BCUT2D eigenvalue weighted by atomic mass is 10.0. The maximum Gasteiger partial charge on any atom is 0.341 e. The zero-order chi connectivity index (χ0) is 14.4. The van der Waals surface area contributed by atoms with E-state index in [1.165, 1.54) is 39.2 Å². The molecule has 0 aliphatic carbocycles. The molecule has 2 fully saturated rings. The molecule has 3 aliphatic heterocycles. The first-order valence-corrected chi connectivity index (χ1v) is 7.75. The van der Waals surface area contributed by atoms with Crippen LogP contribution in [0.1, 0.15) is 53.7 Å². The first kappa shape index (κ1) is 13.1. The monoisotopic (exact) mass is 288 g/mol. The first-order chi connectivity index (χ1) is 10.3. The van der Waals surface area contributed by atoms with E-state index in [4.69, 9.17) is 14.5 Å². The van der Waals surface area contributed by atoms with Gasteiger partial charge in [0.15, 0.2) is 0 Å². The third kappa shape index (κ3) is 2.02. The summed E-state index contributed by atoms with van der Waals surface area (Å²) < 4.78 is 10.4. The number of pyridine rings is 1. The predicted molar refractivity (Wildman–Crippen MR) is 77.2 cm³/mol. The van der Waals surface area contributed by atoms with Crippen LogP contribution in [0.3, 0.4) is 0 Å². The molecule has 3 aliphatic rings. The Hall–Kier alpha value is -1.62. The van der Waals surface area contributed by atoms with Gasteiger partial charge in [-0.2, -0.15) is 0 Å². The maximum absolute atomic E-state index is 12.2. The Balaban J connectivity index is 1.81. The van der Waals surface area contributed by atoms with E-state index in [-0.39, 0.29) is 5.97 Å². The third-order valence-electron chi connectivity index (χ3n) is 5.01. The van der Waals surface area contributed by atoms with Gasteiger partial charge in [-0.05, 0) is 38.2 Å². The number of fused-ring (bicyclic) bond motifs is 3. The highest BCUT2D eigenvalue weighted by Gasteiger charge is 2.39. The predicted octanol–water partition coefficient (Wildman–Crippen LogP) is 2.42. The van der Waals surface area contributed by atoms with Crippen molar-refractivity contribution in [2.45, 2.75) is 57.4 Å².